The van der Waals surface area contributed by atoms with Crippen molar-refractivity contribution >= 4 is 87.4 Å². The summed E-state index contributed by atoms with van der Waals surface area (Å²) in [6.45, 7) is 3.99. The van der Waals surface area contributed by atoms with Gasteiger partial charge in [-0.2, -0.15) is 0 Å². The molecule has 0 fully saturated rings. The van der Waals surface area contributed by atoms with Crippen molar-refractivity contribution in [3.63, 3.8) is 0 Å². The first-order valence-corrected chi connectivity index (χ1v) is 23.7. The molecule has 0 aromatic heterocycles. The summed E-state index contributed by atoms with van der Waals surface area (Å²) in [5.41, 5.74) is 0.572. The lowest BCUT2D eigenvalue weighted by Gasteiger charge is -2.31. The second-order valence-electron chi connectivity index (χ2n) is 12.1. The normalized spacial score (nSPS) is 24.4. The maximum Gasteiger partial charge on any atom is 0.413 e. The summed E-state index contributed by atoms with van der Waals surface area (Å²) in [4.78, 5) is 52.4. The van der Waals surface area contributed by atoms with Crippen LogP contribution in [-0.4, -0.2) is 117 Å². The average molecular weight is 879 g/mol. The first-order valence-electron chi connectivity index (χ1n) is 15.9. The van der Waals surface area contributed by atoms with Gasteiger partial charge in [-0.25, -0.2) is 53.5 Å². The molecule has 26 heteroatoms. The molecule has 0 aromatic carbocycles. The summed E-state index contributed by atoms with van der Waals surface area (Å²) in [6.07, 6.45) is -0.899. The number of primary sulfonamides is 2. The van der Waals surface area contributed by atoms with Crippen molar-refractivity contribution in [3.8, 4) is 0 Å². The zero-order chi connectivity index (χ0) is 40.6. The number of carbonyl (C=O) groups excluding carboxylic acids is 4. The Morgan fingerprint density at radius 1 is 0.685 bits per heavy atom. The minimum absolute atomic E-state index is 0.0265. The first kappa shape index (κ1) is 43.6. The third-order valence-electron chi connectivity index (χ3n) is 8.52. The predicted octanol–water partition coefficient (Wildman–Crippen LogP) is 1.01. The molecule has 54 heavy (non-hydrogen) atoms. The van der Waals surface area contributed by atoms with Crippen molar-refractivity contribution in [1.29, 1.82) is 0 Å². The number of sulfonamides is 2. The molecule has 302 valence electrons. The van der Waals surface area contributed by atoms with Gasteiger partial charge in [-0.1, -0.05) is 23.5 Å². The molecule has 20 nitrogen and oxygen atoms in total. The number of esters is 2. The Hall–Kier alpha value is -3.14. The smallest absolute Gasteiger partial charge is 0.413 e. The first-order chi connectivity index (χ1) is 24.9. The van der Waals surface area contributed by atoms with Crippen LogP contribution in [0.5, 0.6) is 0 Å². The Kier molecular flexibility index (Phi) is 13.3. The van der Waals surface area contributed by atoms with Gasteiger partial charge in [-0.3, -0.25) is 19.4 Å². The minimum atomic E-state index is -4.34. The molecule has 0 unspecified atom stereocenters. The van der Waals surface area contributed by atoms with E-state index >= 15 is 0 Å². The van der Waals surface area contributed by atoms with Crippen LogP contribution in [-0.2, 0) is 68.3 Å². The van der Waals surface area contributed by atoms with E-state index < -0.39 is 121 Å². The van der Waals surface area contributed by atoms with Crippen LogP contribution in [0.3, 0.4) is 0 Å². The number of hydrogen-bond acceptors (Lipinski definition) is 18. The summed E-state index contributed by atoms with van der Waals surface area (Å²) in [7, 11) is -16.4. The highest BCUT2D eigenvalue weighted by Crippen LogP contribution is 2.50. The van der Waals surface area contributed by atoms with Crippen LogP contribution in [0.25, 0.3) is 0 Å². The largest absolute Gasteiger partial charge is 0.428 e. The van der Waals surface area contributed by atoms with E-state index in [1.807, 2.05) is 0 Å². The Labute approximate surface area is 320 Å². The number of likely N-dealkylation sites (N-methyl/N-ethyl adjacent to an activating group) is 2. The topological polar surface area (TPSA) is 300 Å². The van der Waals surface area contributed by atoms with Crippen molar-refractivity contribution in [2.45, 2.75) is 76.0 Å². The summed E-state index contributed by atoms with van der Waals surface area (Å²) >= 11 is 0.986. The van der Waals surface area contributed by atoms with E-state index in [0.717, 1.165) is 22.0 Å². The van der Waals surface area contributed by atoms with Gasteiger partial charge in [0, 0.05) is 13.1 Å². The quantitative estimate of drug-likeness (QED) is 0.193. The average Bonchev–Trinajstić information content (AvgIpc) is 3.45. The molecule has 4 N–H and O–H groups in total. The molecular formula is C28H38N4O16S6. The van der Waals surface area contributed by atoms with Gasteiger partial charge < -0.3 is 18.9 Å². The minimum Gasteiger partial charge on any atom is -0.428 e. The molecule has 2 amide bonds. The fourth-order valence-electron chi connectivity index (χ4n) is 5.72. The molecule has 4 rings (SSSR count). The molecule has 0 radical (unpaired) electrons. The van der Waals surface area contributed by atoms with Crippen LogP contribution in [0.4, 0.5) is 9.59 Å². The number of nitrogens with zero attached hydrogens (tertiary/aromatic N) is 2. The van der Waals surface area contributed by atoms with Gasteiger partial charge in [0.15, 0.2) is 19.7 Å². The summed E-state index contributed by atoms with van der Waals surface area (Å²) < 4.78 is 118. The Balaban J connectivity index is 1.27. The van der Waals surface area contributed by atoms with Crippen molar-refractivity contribution in [2.75, 3.05) is 26.7 Å². The molecule has 0 bridgehead atoms. The van der Waals surface area contributed by atoms with Gasteiger partial charge in [-0.05, 0) is 63.8 Å². The van der Waals surface area contributed by atoms with Crippen LogP contribution in [0.2, 0.25) is 0 Å². The molecule has 0 spiro atoms. The van der Waals surface area contributed by atoms with E-state index in [4.69, 9.17) is 29.2 Å². The number of ether oxygens (including phenoxy) is 4. The summed E-state index contributed by atoms with van der Waals surface area (Å²) in [5.74, 6) is -2.00. The fraction of sp³-hybridized carbons (Fsp3) is 0.571. The van der Waals surface area contributed by atoms with Gasteiger partial charge in [-0.15, -0.1) is 0 Å². The predicted molar refractivity (Wildman–Crippen MR) is 194 cm³/mol. The van der Waals surface area contributed by atoms with Gasteiger partial charge in [0.05, 0.1) is 35.4 Å². The second-order valence-corrected chi connectivity index (χ2v) is 22.9. The van der Waals surface area contributed by atoms with Gasteiger partial charge >= 0.3 is 24.1 Å². The number of sulfone groups is 2. The third kappa shape index (κ3) is 9.27. The van der Waals surface area contributed by atoms with E-state index in [0.29, 0.717) is 23.5 Å². The molecule has 4 aliphatic heterocycles. The fourth-order valence-corrected chi connectivity index (χ4v) is 14.7. The van der Waals surface area contributed by atoms with E-state index in [-0.39, 0.29) is 45.6 Å². The summed E-state index contributed by atoms with van der Waals surface area (Å²) in [6, 6.07) is -2.27. The zero-order valence-corrected chi connectivity index (χ0v) is 34.1. The monoisotopic (exact) mass is 878 g/mol. The lowest BCUT2D eigenvalue weighted by Crippen LogP contribution is -2.42. The molecule has 4 aliphatic rings. The van der Waals surface area contributed by atoms with Crippen LogP contribution in [0.15, 0.2) is 40.2 Å². The number of nitrogens with two attached hydrogens (primary N) is 2. The molecule has 4 atom stereocenters. The number of thioether (sulfide) groups is 2. The van der Waals surface area contributed by atoms with E-state index in [1.165, 1.54) is 27.7 Å². The number of amides is 2. The van der Waals surface area contributed by atoms with E-state index in [9.17, 15) is 52.8 Å². The number of carbonyl (C=O) groups is 4. The summed E-state index contributed by atoms with van der Waals surface area (Å²) in [5, 5.41) is 8.78. The highest BCUT2D eigenvalue weighted by molar-refractivity contribution is 8.28. The zero-order valence-electron chi connectivity index (χ0n) is 29.2. The van der Waals surface area contributed by atoms with Crippen LogP contribution < -0.4 is 10.3 Å². The van der Waals surface area contributed by atoms with Crippen molar-refractivity contribution in [2.24, 2.45) is 10.3 Å². The maximum atomic E-state index is 12.9. The van der Waals surface area contributed by atoms with E-state index in [1.54, 1.807) is 0 Å². The number of hydrogen-bond donors (Lipinski definition) is 2. The van der Waals surface area contributed by atoms with Gasteiger partial charge in [0.25, 0.3) is 0 Å². The van der Waals surface area contributed by atoms with E-state index in [2.05, 4.69) is 0 Å². The molecule has 4 heterocycles. The van der Waals surface area contributed by atoms with Gasteiger partial charge in [0.2, 0.25) is 33.6 Å². The maximum absolute atomic E-state index is 12.9. The van der Waals surface area contributed by atoms with Crippen molar-refractivity contribution in [3.05, 3.63) is 40.2 Å². The standard InChI is InChI=1S/C28H38N4O16S6/c1-5-31(19-11-23(53(29,41)42)49-25-17(19)9-15(3)51(25,37)38)27(35)47-13-45-21(33)7-8-22(34)46-14-48-28(36)32(6-2)20-12-24(54(30,43)44)50-26-18(20)10-16(4)52(26,39)40/h11-12,15-16,19-20H,5-10,13-14H2,1-4H3,(H2,29,41,42)(H2,30,43,44)/t15-,16-,19-,20-/m0/s1. The van der Waals surface area contributed by atoms with Crippen LogP contribution >= 0.6 is 23.5 Å². The lowest BCUT2D eigenvalue weighted by atomic mass is 10.0. The molecule has 0 aliphatic carbocycles. The third-order valence-corrected chi connectivity index (χ3v) is 19.3. The van der Waals surface area contributed by atoms with Crippen LogP contribution in [0, 0.1) is 0 Å². The number of rotatable bonds is 13. The lowest BCUT2D eigenvalue weighted by molar-refractivity contribution is -0.159. The SMILES string of the molecule is CCN(C(=O)OCOC(=O)CCC(=O)OCOC(=O)N(CC)[C@H]1C=C(S(N)(=O)=O)SC2=C1C[C@H](C)S2(=O)=O)[C@H]1C=C(S(N)(=O)=O)SC2=C1C[C@H](C)S2(=O)=O. The molecular weight excluding hydrogens is 841 g/mol. The molecule has 0 aromatic rings. The highest BCUT2D eigenvalue weighted by Gasteiger charge is 2.47. The van der Waals surface area contributed by atoms with Crippen LogP contribution in [0.1, 0.15) is 53.4 Å². The Morgan fingerprint density at radius 2 is 1.02 bits per heavy atom. The molecule has 0 saturated heterocycles. The van der Waals surface area contributed by atoms with Crippen molar-refractivity contribution < 1.29 is 71.8 Å². The second kappa shape index (κ2) is 16.5. The van der Waals surface area contributed by atoms with Gasteiger partial charge in [0.1, 0.15) is 16.9 Å². The Morgan fingerprint density at radius 3 is 1.31 bits per heavy atom. The van der Waals surface area contributed by atoms with Crippen molar-refractivity contribution in [1.82, 2.24) is 9.80 Å². The highest BCUT2D eigenvalue weighted by atomic mass is 32.3. The Bertz CT molecular complexity index is 2020. The molecule has 0 saturated carbocycles.